The summed E-state index contributed by atoms with van der Waals surface area (Å²) in [6, 6.07) is 2.85. The summed E-state index contributed by atoms with van der Waals surface area (Å²) in [4.78, 5) is 23.5. The Morgan fingerprint density at radius 1 is 0.700 bits per heavy atom. The van der Waals surface area contributed by atoms with E-state index in [9.17, 15) is 19.8 Å². The summed E-state index contributed by atoms with van der Waals surface area (Å²) in [5.74, 6) is -2.02. The molecule has 6 heteroatoms. The number of unbranched alkanes of at least 4 members (excludes halogenated alkanes) is 6. The third kappa shape index (κ3) is 9.16. The van der Waals surface area contributed by atoms with Gasteiger partial charge in [0.1, 0.15) is 0 Å². The molecule has 0 saturated heterocycles. The third-order valence-electron chi connectivity index (χ3n) is 5.01. The van der Waals surface area contributed by atoms with Crippen LogP contribution in [0.4, 0.5) is 0 Å². The van der Waals surface area contributed by atoms with Crippen LogP contribution in [-0.2, 0) is 22.3 Å². The van der Waals surface area contributed by atoms with Crippen molar-refractivity contribution in [3.63, 3.8) is 0 Å². The van der Waals surface area contributed by atoms with E-state index >= 15 is 0 Å². The van der Waals surface area contributed by atoms with E-state index in [4.69, 9.17) is 9.47 Å². The van der Waals surface area contributed by atoms with Crippen LogP contribution in [0.15, 0.2) is 37.8 Å². The average Bonchev–Trinajstić information content (AvgIpc) is 2.72. The first kappa shape index (κ1) is 25.3. The van der Waals surface area contributed by atoms with Gasteiger partial charge in [0.15, 0.2) is 0 Å². The lowest BCUT2D eigenvalue weighted by molar-refractivity contribution is 0.0679. The third-order valence-corrected chi connectivity index (χ3v) is 5.01. The predicted octanol–water partition coefficient (Wildman–Crippen LogP) is 5.61. The molecule has 1 rings (SSSR count). The van der Waals surface area contributed by atoms with E-state index in [1.807, 2.05) is 0 Å². The monoisotopic (exact) mass is 418 g/mol. The van der Waals surface area contributed by atoms with E-state index < -0.39 is 11.9 Å². The largest absolute Gasteiger partial charge is 0.502 e. The number of hydrogen-bond acceptors (Lipinski definition) is 4. The molecule has 0 aliphatic carbocycles. The second-order valence-electron chi connectivity index (χ2n) is 7.13. The van der Waals surface area contributed by atoms with E-state index in [1.54, 1.807) is 0 Å². The second-order valence-corrected chi connectivity index (χ2v) is 7.13. The van der Waals surface area contributed by atoms with Crippen molar-refractivity contribution in [2.75, 3.05) is 13.2 Å². The minimum absolute atomic E-state index is 0.212. The van der Waals surface area contributed by atoms with Crippen LogP contribution in [0.3, 0.4) is 0 Å². The first-order valence-electron chi connectivity index (χ1n) is 10.6. The molecular weight excluding hydrogens is 384 g/mol. The topological polar surface area (TPSA) is 93.1 Å². The normalized spacial score (nSPS) is 10.4. The zero-order valence-electron chi connectivity index (χ0n) is 17.7. The quantitative estimate of drug-likeness (QED) is 0.238. The summed E-state index contributed by atoms with van der Waals surface area (Å²) in [5.41, 5.74) is 1.76. The van der Waals surface area contributed by atoms with Crippen LogP contribution in [0.5, 0.6) is 0 Å². The molecule has 0 aliphatic heterocycles. The Morgan fingerprint density at radius 3 is 1.40 bits per heavy atom. The van der Waals surface area contributed by atoms with Gasteiger partial charge in [0, 0.05) is 0 Å². The lowest BCUT2D eigenvalue weighted by Crippen LogP contribution is -2.12. The molecule has 0 unspecified atom stereocenters. The van der Waals surface area contributed by atoms with Gasteiger partial charge in [-0.1, -0.05) is 38.8 Å². The molecule has 1 aromatic carbocycles. The van der Waals surface area contributed by atoms with Crippen molar-refractivity contribution in [1.82, 2.24) is 0 Å². The van der Waals surface area contributed by atoms with Crippen molar-refractivity contribution in [3.8, 4) is 0 Å². The van der Waals surface area contributed by atoms with E-state index in [1.165, 1.54) is 24.7 Å². The first-order chi connectivity index (χ1) is 14.5. The Bertz CT molecular complexity index is 636. The summed E-state index contributed by atoms with van der Waals surface area (Å²) in [6.07, 6.45) is 11.2. The molecule has 1 aromatic rings. The SMILES string of the molecule is C=COCCCCCCc1c(C(=O)O)ccc(C(=O)O)c1CCCCCCOC=C. The van der Waals surface area contributed by atoms with Gasteiger partial charge in [0.2, 0.25) is 0 Å². The molecule has 0 aliphatic rings. The highest BCUT2D eigenvalue weighted by molar-refractivity contribution is 5.95. The molecule has 0 bridgehead atoms. The number of ether oxygens (including phenoxy) is 2. The van der Waals surface area contributed by atoms with Crippen LogP contribution in [0, 0.1) is 0 Å². The number of benzene rings is 1. The fourth-order valence-corrected chi connectivity index (χ4v) is 3.51. The van der Waals surface area contributed by atoms with Crippen LogP contribution in [0.2, 0.25) is 0 Å². The maximum atomic E-state index is 11.7. The molecule has 0 radical (unpaired) electrons. The number of rotatable bonds is 18. The standard InChI is InChI=1S/C24H34O6/c1-3-29-17-11-7-5-9-13-19-20(14-10-6-8-12-18-30-4-2)22(24(27)28)16-15-21(19)23(25)26/h3-4,15-16H,1-2,5-14,17-18H2,(H,25,26)(H,27,28). The van der Waals surface area contributed by atoms with Crippen LogP contribution in [0.1, 0.15) is 83.2 Å². The van der Waals surface area contributed by atoms with Crippen LogP contribution in [0.25, 0.3) is 0 Å². The molecule has 0 spiro atoms. The number of hydrogen-bond donors (Lipinski definition) is 2. The maximum absolute atomic E-state index is 11.7. The van der Waals surface area contributed by atoms with Gasteiger partial charge in [-0.15, -0.1) is 0 Å². The molecule has 6 nitrogen and oxygen atoms in total. The van der Waals surface area contributed by atoms with E-state index in [0.717, 1.165) is 51.4 Å². The Morgan fingerprint density at radius 2 is 1.07 bits per heavy atom. The molecule has 0 aromatic heterocycles. The summed E-state index contributed by atoms with van der Waals surface area (Å²) >= 11 is 0. The summed E-state index contributed by atoms with van der Waals surface area (Å²) in [5, 5.41) is 19.2. The lowest BCUT2D eigenvalue weighted by atomic mass is 9.89. The maximum Gasteiger partial charge on any atom is 0.335 e. The van der Waals surface area contributed by atoms with Crippen molar-refractivity contribution < 1.29 is 29.3 Å². The van der Waals surface area contributed by atoms with E-state index in [-0.39, 0.29) is 11.1 Å². The number of carboxylic acid groups (broad SMARTS) is 2. The van der Waals surface area contributed by atoms with Gasteiger partial charge in [0.25, 0.3) is 0 Å². The van der Waals surface area contributed by atoms with Crippen molar-refractivity contribution in [3.05, 3.63) is 60.1 Å². The van der Waals surface area contributed by atoms with Crippen LogP contribution >= 0.6 is 0 Å². The molecule has 0 saturated carbocycles. The lowest BCUT2D eigenvalue weighted by Gasteiger charge is -2.16. The van der Waals surface area contributed by atoms with Gasteiger partial charge < -0.3 is 19.7 Å². The van der Waals surface area contributed by atoms with E-state index in [2.05, 4.69) is 13.2 Å². The zero-order chi connectivity index (χ0) is 22.2. The number of carboxylic acids is 2. The molecule has 0 atom stereocenters. The zero-order valence-corrected chi connectivity index (χ0v) is 17.7. The van der Waals surface area contributed by atoms with Gasteiger partial charge in [-0.25, -0.2) is 9.59 Å². The summed E-state index contributed by atoms with van der Waals surface area (Å²) < 4.78 is 10.2. The van der Waals surface area contributed by atoms with Crippen molar-refractivity contribution in [1.29, 1.82) is 0 Å². The first-order valence-corrected chi connectivity index (χ1v) is 10.6. The van der Waals surface area contributed by atoms with E-state index in [0.29, 0.717) is 37.2 Å². The Labute approximate surface area is 179 Å². The Hall–Kier alpha value is -2.76. The van der Waals surface area contributed by atoms with Crippen molar-refractivity contribution in [2.24, 2.45) is 0 Å². The van der Waals surface area contributed by atoms with Crippen molar-refractivity contribution >= 4 is 11.9 Å². The molecule has 0 heterocycles. The minimum atomic E-state index is -1.01. The molecular formula is C24H34O6. The summed E-state index contributed by atoms with van der Waals surface area (Å²) in [7, 11) is 0. The Kier molecular flexibility index (Phi) is 12.7. The minimum Gasteiger partial charge on any atom is -0.502 e. The smallest absolute Gasteiger partial charge is 0.335 e. The van der Waals surface area contributed by atoms with Crippen LogP contribution in [-0.4, -0.2) is 35.4 Å². The highest BCUT2D eigenvalue weighted by Gasteiger charge is 2.20. The predicted molar refractivity (Wildman–Crippen MR) is 117 cm³/mol. The van der Waals surface area contributed by atoms with Gasteiger partial charge in [-0.05, 0) is 61.8 Å². The van der Waals surface area contributed by atoms with Gasteiger partial charge >= 0.3 is 11.9 Å². The number of carbonyl (C=O) groups is 2. The molecule has 0 fully saturated rings. The fourth-order valence-electron chi connectivity index (χ4n) is 3.51. The van der Waals surface area contributed by atoms with Gasteiger partial charge in [-0.2, -0.15) is 0 Å². The highest BCUT2D eigenvalue weighted by Crippen LogP contribution is 2.25. The molecule has 0 amide bonds. The molecule has 30 heavy (non-hydrogen) atoms. The number of aromatic carboxylic acids is 2. The Balaban J connectivity index is 2.81. The fraction of sp³-hybridized carbons (Fsp3) is 0.500. The molecule has 2 N–H and O–H groups in total. The molecule has 166 valence electrons. The van der Waals surface area contributed by atoms with Gasteiger partial charge in [-0.3, -0.25) is 0 Å². The van der Waals surface area contributed by atoms with Crippen molar-refractivity contribution in [2.45, 2.75) is 64.2 Å². The second kappa shape index (κ2) is 15.1. The van der Waals surface area contributed by atoms with Gasteiger partial charge in [0.05, 0.1) is 36.9 Å². The van der Waals surface area contributed by atoms with Crippen LogP contribution < -0.4 is 0 Å². The highest BCUT2D eigenvalue weighted by atomic mass is 16.5. The average molecular weight is 419 g/mol. The summed E-state index contributed by atoms with van der Waals surface area (Å²) in [6.45, 7) is 8.26.